The van der Waals surface area contributed by atoms with Crippen molar-refractivity contribution in [1.29, 1.82) is 0 Å². The maximum atomic E-state index is 13.3. The number of morpholine rings is 1. The number of rotatable bonds is 9. The number of nitrogens with zero attached hydrogens (tertiary/aromatic N) is 5. The van der Waals surface area contributed by atoms with Crippen LogP contribution in [0.15, 0.2) is 54.6 Å². The molecule has 2 fully saturated rings. The number of carbonyl (C=O) groups excluding carboxylic acids is 1. The number of carbonyl (C=O) groups is 1. The minimum Gasteiger partial charge on any atom is -0.392 e. The maximum absolute atomic E-state index is 13.3. The first-order valence-corrected chi connectivity index (χ1v) is 16.5. The molecule has 2 aromatic carbocycles. The van der Waals surface area contributed by atoms with Gasteiger partial charge in [-0.05, 0) is 83.3 Å². The Morgan fingerprint density at radius 1 is 0.956 bits per heavy atom. The van der Waals surface area contributed by atoms with Gasteiger partial charge >= 0.3 is 0 Å². The molecule has 0 spiro atoms. The fourth-order valence-electron chi connectivity index (χ4n) is 6.17. The highest BCUT2D eigenvalue weighted by molar-refractivity contribution is 5.95. The first kappa shape index (κ1) is 34.5. The number of nitrogens with two attached hydrogens (primary N) is 1. The van der Waals surface area contributed by atoms with E-state index in [1.54, 1.807) is 0 Å². The average molecular weight is 617 g/mol. The van der Waals surface area contributed by atoms with E-state index < -0.39 is 0 Å². The molecule has 9 nitrogen and oxygen atoms in total. The molecule has 0 bridgehead atoms. The highest BCUT2D eigenvalue weighted by atomic mass is 16.5. The molecule has 0 saturated carbocycles. The van der Waals surface area contributed by atoms with Gasteiger partial charge in [0.05, 0.1) is 25.5 Å². The molecule has 0 unspecified atom stereocenters. The highest BCUT2D eigenvalue weighted by Gasteiger charge is 2.24. The quantitative estimate of drug-likeness (QED) is 0.343. The molecule has 3 aromatic rings. The fourth-order valence-corrected chi connectivity index (χ4v) is 6.17. The van der Waals surface area contributed by atoms with Crippen LogP contribution in [-0.2, 0) is 11.3 Å². The molecule has 2 saturated heterocycles. The smallest absolute Gasteiger partial charge is 0.253 e. The van der Waals surface area contributed by atoms with E-state index in [4.69, 9.17) is 20.4 Å². The number of aliphatic hydroxyl groups is 1. The van der Waals surface area contributed by atoms with Gasteiger partial charge in [-0.15, -0.1) is 0 Å². The SMILES string of the molecule is CCN(C(C)C)C(C)C.NCC1CCN(C(=O)c2cccc(-c3cc(N4CCOCC4)nc(-c4cccc(CO)c4)n3)c2)CC1. The van der Waals surface area contributed by atoms with Gasteiger partial charge in [0.15, 0.2) is 5.82 Å². The van der Waals surface area contributed by atoms with Gasteiger partial charge in [0.2, 0.25) is 0 Å². The number of hydrogen-bond acceptors (Lipinski definition) is 8. The summed E-state index contributed by atoms with van der Waals surface area (Å²) >= 11 is 0. The van der Waals surface area contributed by atoms with E-state index in [2.05, 4.69) is 44.4 Å². The lowest BCUT2D eigenvalue weighted by atomic mass is 9.96. The van der Waals surface area contributed by atoms with Gasteiger partial charge in [-0.25, -0.2) is 9.97 Å². The molecule has 45 heavy (non-hydrogen) atoms. The molecular weight excluding hydrogens is 564 g/mol. The number of piperidine rings is 1. The van der Waals surface area contributed by atoms with Crippen molar-refractivity contribution in [3.8, 4) is 22.6 Å². The van der Waals surface area contributed by atoms with Crippen molar-refractivity contribution >= 4 is 11.7 Å². The van der Waals surface area contributed by atoms with Crippen LogP contribution in [0.1, 0.15) is 63.4 Å². The van der Waals surface area contributed by atoms with E-state index in [0.717, 1.165) is 73.8 Å². The zero-order valence-corrected chi connectivity index (χ0v) is 27.8. The molecule has 2 aliphatic rings. The second-order valence-electron chi connectivity index (χ2n) is 12.5. The van der Waals surface area contributed by atoms with Crippen LogP contribution in [-0.4, -0.2) is 95.3 Å². The molecule has 5 rings (SSSR count). The molecule has 9 heteroatoms. The van der Waals surface area contributed by atoms with Gasteiger partial charge in [-0.2, -0.15) is 0 Å². The Morgan fingerprint density at radius 3 is 2.22 bits per heavy atom. The molecule has 0 aliphatic carbocycles. The van der Waals surface area contributed by atoms with Crippen LogP contribution in [0.4, 0.5) is 5.82 Å². The number of aromatic nitrogens is 2. The lowest BCUT2D eigenvalue weighted by molar-refractivity contribution is 0.0693. The Labute approximate surface area is 269 Å². The standard InChI is InChI=1S/C28H33N5O3.C8H19N/c29-18-20-7-9-33(10-8-20)28(35)24-6-2-4-22(16-24)25-17-26(32-11-13-36-14-12-32)31-27(30-25)23-5-1-3-21(15-23)19-34;1-6-9(7(2)3)8(4)5/h1-6,15-17,20,34H,7-14,18-19,29H2;7-8H,6H2,1-5H3. The van der Waals surface area contributed by atoms with Gasteiger partial charge in [-0.1, -0.05) is 37.3 Å². The molecule has 244 valence electrons. The van der Waals surface area contributed by atoms with Crippen molar-refractivity contribution in [1.82, 2.24) is 19.8 Å². The zero-order valence-electron chi connectivity index (χ0n) is 27.8. The topological polar surface area (TPSA) is 108 Å². The first-order chi connectivity index (χ1) is 21.7. The summed E-state index contributed by atoms with van der Waals surface area (Å²) in [6, 6.07) is 18.7. The highest BCUT2D eigenvalue weighted by Crippen LogP contribution is 2.28. The van der Waals surface area contributed by atoms with Crippen LogP contribution in [0.3, 0.4) is 0 Å². The first-order valence-electron chi connectivity index (χ1n) is 16.5. The van der Waals surface area contributed by atoms with Crippen LogP contribution in [0.25, 0.3) is 22.6 Å². The summed E-state index contributed by atoms with van der Waals surface area (Å²) in [6.45, 7) is 17.3. The lowest BCUT2D eigenvalue weighted by Gasteiger charge is -2.31. The second kappa shape index (κ2) is 16.8. The number of amides is 1. The van der Waals surface area contributed by atoms with E-state index in [0.29, 0.717) is 49.1 Å². The second-order valence-corrected chi connectivity index (χ2v) is 12.5. The van der Waals surface area contributed by atoms with E-state index in [1.807, 2.05) is 59.5 Å². The van der Waals surface area contributed by atoms with Crippen LogP contribution in [0.5, 0.6) is 0 Å². The van der Waals surface area contributed by atoms with Gasteiger partial charge in [0.1, 0.15) is 5.82 Å². The summed E-state index contributed by atoms with van der Waals surface area (Å²) in [4.78, 5) is 29.6. The number of hydrogen-bond donors (Lipinski definition) is 2. The molecular formula is C36H52N6O3. The Morgan fingerprint density at radius 2 is 1.62 bits per heavy atom. The van der Waals surface area contributed by atoms with Crippen molar-refractivity contribution in [3.05, 3.63) is 65.7 Å². The van der Waals surface area contributed by atoms with E-state index in [1.165, 1.54) is 0 Å². The Bertz CT molecular complexity index is 1360. The molecule has 0 radical (unpaired) electrons. The monoisotopic (exact) mass is 616 g/mol. The summed E-state index contributed by atoms with van der Waals surface area (Å²) in [7, 11) is 0. The van der Waals surface area contributed by atoms with Crippen LogP contribution in [0, 0.1) is 5.92 Å². The minimum atomic E-state index is -0.0451. The third kappa shape index (κ3) is 9.33. The van der Waals surface area contributed by atoms with Crippen molar-refractivity contribution in [2.45, 2.75) is 66.2 Å². The Balaban J connectivity index is 0.000000448. The van der Waals surface area contributed by atoms with Crippen molar-refractivity contribution in [2.24, 2.45) is 11.7 Å². The summed E-state index contributed by atoms with van der Waals surface area (Å²) in [5, 5.41) is 9.61. The molecule has 3 heterocycles. The van der Waals surface area contributed by atoms with Crippen molar-refractivity contribution in [3.63, 3.8) is 0 Å². The largest absolute Gasteiger partial charge is 0.392 e. The van der Waals surface area contributed by atoms with Gasteiger partial charge in [-0.3, -0.25) is 9.69 Å². The average Bonchev–Trinajstić information content (AvgIpc) is 3.08. The number of anilines is 1. The third-order valence-electron chi connectivity index (χ3n) is 8.75. The van der Waals surface area contributed by atoms with E-state index in [9.17, 15) is 9.90 Å². The van der Waals surface area contributed by atoms with Crippen molar-refractivity contribution < 1.29 is 14.6 Å². The maximum Gasteiger partial charge on any atom is 0.253 e. The predicted molar refractivity (Wildman–Crippen MR) is 182 cm³/mol. The van der Waals surface area contributed by atoms with Gasteiger partial charge < -0.3 is 25.4 Å². The molecule has 1 aromatic heterocycles. The summed E-state index contributed by atoms with van der Waals surface area (Å²) in [5.41, 5.74) is 9.75. The van der Waals surface area contributed by atoms with Crippen LogP contribution in [0.2, 0.25) is 0 Å². The zero-order chi connectivity index (χ0) is 32.3. The third-order valence-corrected chi connectivity index (χ3v) is 8.75. The predicted octanol–water partition coefficient (Wildman–Crippen LogP) is 5.08. The minimum absolute atomic E-state index is 0.0451. The Hall–Kier alpha value is -3.37. The Kier molecular flexibility index (Phi) is 12.9. The van der Waals surface area contributed by atoms with Gasteiger partial charge in [0.25, 0.3) is 5.91 Å². The number of aliphatic hydroxyl groups excluding tert-OH is 1. The lowest BCUT2D eigenvalue weighted by Crippen LogP contribution is -2.40. The summed E-state index contributed by atoms with van der Waals surface area (Å²) in [6.07, 6.45) is 1.90. The molecule has 2 aliphatic heterocycles. The number of likely N-dealkylation sites (tertiary alicyclic amines) is 1. The molecule has 3 N–H and O–H groups in total. The van der Waals surface area contributed by atoms with Crippen LogP contribution >= 0.6 is 0 Å². The normalized spacial score (nSPS) is 15.9. The summed E-state index contributed by atoms with van der Waals surface area (Å²) < 4.78 is 5.53. The fraction of sp³-hybridized carbons (Fsp3) is 0.528. The molecule has 0 atom stereocenters. The van der Waals surface area contributed by atoms with E-state index in [-0.39, 0.29) is 12.5 Å². The number of benzene rings is 2. The van der Waals surface area contributed by atoms with E-state index >= 15 is 0 Å². The van der Waals surface area contributed by atoms with Gasteiger partial charge in [0, 0.05) is 61.0 Å². The van der Waals surface area contributed by atoms with Crippen LogP contribution < -0.4 is 10.6 Å². The molecule has 1 amide bonds. The van der Waals surface area contributed by atoms with Crippen molar-refractivity contribution in [2.75, 3.05) is 57.4 Å². The number of ether oxygens (including phenoxy) is 1. The summed E-state index contributed by atoms with van der Waals surface area (Å²) in [5.74, 6) is 1.96.